The number of nitrogens with zero attached hydrogens (tertiary/aromatic N) is 3. The van der Waals surface area contributed by atoms with Crippen LogP contribution in [0.2, 0.25) is 0 Å². The summed E-state index contributed by atoms with van der Waals surface area (Å²) in [5, 5.41) is 5.07. The zero-order chi connectivity index (χ0) is 22.2. The van der Waals surface area contributed by atoms with Gasteiger partial charge in [-0.3, -0.25) is 19.8 Å². The molecule has 0 aromatic heterocycles. The number of rotatable bonds is 4. The second-order valence-electron chi connectivity index (χ2n) is 8.68. The number of imide groups is 1. The van der Waals surface area contributed by atoms with Crippen molar-refractivity contribution in [1.82, 2.24) is 20.2 Å². The van der Waals surface area contributed by atoms with Gasteiger partial charge in [-0.2, -0.15) is 0 Å². The predicted molar refractivity (Wildman–Crippen MR) is 123 cm³/mol. The first-order valence-corrected chi connectivity index (χ1v) is 11.8. The van der Waals surface area contributed by atoms with Gasteiger partial charge in [-0.15, -0.1) is 0 Å². The third-order valence-corrected chi connectivity index (χ3v) is 7.14. The Balaban J connectivity index is 1.21. The quantitative estimate of drug-likeness (QED) is 0.701. The van der Waals surface area contributed by atoms with Crippen molar-refractivity contribution in [2.24, 2.45) is 0 Å². The van der Waals surface area contributed by atoms with Crippen molar-refractivity contribution in [3.8, 4) is 0 Å². The Morgan fingerprint density at radius 2 is 1.69 bits per heavy atom. The van der Waals surface area contributed by atoms with E-state index in [1.165, 1.54) is 21.1 Å². The van der Waals surface area contributed by atoms with E-state index < -0.39 is 6.03 Å². The van der Waals surface area contributed by atoms with Gasteiger partial charge in [0, 0.05) is 23.0 Å². The number of piperidine rings is 1. The Hall–Kier alpha value is -2.71. The van der Waals surface area contributed by atoms with Crippen molar-refractivity contribution in [3.63, 3.8) is 0 Å². The molecule has 3 aliphatic rings. The summed E-state index contributed by atoms with van der Waals surface area (Å²) in [6.45, 7) is 3.53. The molecule has 0 bridgehead atoms. The lowest BCUT2D eigenvalue weighted by atomic mass is 9.89. The fourth-order valence-electron chi connectivity index (χ4n) is 4.86. The molecule has 0 radical (unpaired) electrons. The highest BCUT2D eigenvalue weighted by atomic mass is 79.9. The van der Waals surface area contributed by atoms with Crippen molar-refractivity contribution in [1.29, 1.82) is 0 Å². The molecule has 0 unspecified atom stereocenters. The zero-order valence-corrected chi connectivity index (χ0v) is 19.3. The molecule has 5 rings (SSSR count). The van der Waals surface area contributed by atoms with E-state index in [9.17, 15) is 14.4 Å². The molecular formula is C24H25BrN4O3. The maximum absolute atomic E-state index is 12.8. The third-order valence-electron chi connectivity index (χ3n) is 6.61. The van der Waals surface area contributed by atoms with Crippen molar-refractivity contribution in [3.05, 3.63) is 69.2 Å². The minimum Gasteiger partial charge on any atom is -0.299 e. The SMILES string of the molecule is O=C1CCN(N2Cc3cc(CN4CCC(c5ccc(Br)cc5)CC4)ccc3C2=O)C(=O)N1. The average molecular weight is 497 g/mol. The van der Waals surface area contributed by atoms with E-state index in [4.69, 9.17) is 0 Å². The van der Waals surface area contributed by atoms with E-state index in [-0.39, 0.29) is 24.8 Å². The fourth-order valence-corrected chi connectivity index (χ4v) is 5.12. The number of amides is 4. The normalized spacial score (nSPS) is 20.0. The Kier molecular flexibility index (Phi) is 5.73. The van der Waals surface area contributed by atoms with Crippen LogP contribution < -0.4 is 5.32 Å². The number of nitrogens with one attached hydrogen (secondary N) is 1. The molecule has 7 nitrogen and oxygen atoms in total. The van der Waals surface area contributed by atoms with Crippen LogP contribution >= 0.6 is 15.9 Å². The smallest absolute Gasteiger partial charge is 0.299 e. The highest BCUT2D eigenvalue weighted by Gasteiger charge is 2.37. The first-order chi connectivity index (χ1) is 15.5. The number of hydrazine groups is 1. The van der Waals surface area contributed by atoms with Crippen LogP contribution in [0.25, 0.3) is 0 Å². The van der Waals surface area contributed by atoms with Gasteiger partial charge in [0.2, 0.25) is 5.91 Å². The van der Waals surface area contributed by atoms with Crippen LogP contribution in [0.3, 0.4) is 0 Å². The van der Waals surface area contributed by atoms with Crippen LogP contribution in [-0.4, -0.2) is 52.4 Å². The molecule has 32 heavy (non-hydrogen) atoms. The van der Waals surface area contributed by atoms with Gasteiger partial charge in [-0.05, 0) is 66.7 Å². The molecule has 2 aromatic carbocycles. The van der Waals surface area contributed by atoms with E-state index in [2.05, 4.69) is 56.5 Å². The van der Waals surface area contributed by atoms with Gasteiger partial charge >= 0.3 is 6.03 Å². The molecule has 166 valence electrons. The number of likely N-dealkylation sites (tertiary alicyclic amines) is 1. The van der Waals surface area contributed by atoms with Crippen LogP contribution in [0.5, 0.6) is 0 Å². The summed E-state index contributed by atoms with van der Waals surface area (Å²) in [7, 11) is 0. The minimum atomic E-state index is -0.531. The highest BCUT2D eigenvalue weighted by molar-refractivity contribution is 9.10. The Labute approximate surface area is 195 Å². The molecule has 2 fully saturated rings. The number of urea groups is 1. The van der Waals surface area contributed by atoms with E-state index in [0.717, 1.165) is 42.5 Å². The van der Waals surface area contributed by atoms with Crippen molar-refractivity contribution < 1.29 is 14.4 Å². The van der Waals surface area contributed by atoms with Gasteiger partial charge in [-0.1, -0.05) is 40.2 Å². The highest BCUT2D eigenvalue weighted by Crippen LogP contribution is 2.31. The first kappa shape index (κ1) is 21.2. The maximum Gasteiger partial charge on any atom is 0.342 e. The summed E-state index contributed by atoms with van der Waals surface area (Å²) in [5.74, 6) is 0.112. The Morgan fingerprint density at radius 3 is 2.41 bits per heavy atom. The molecule has 4 amide bonds. The number of halogens is 1. The van der Waals surface area contributed by atoms with Crippen LogP contribution in [0.1, 0.15) is 52.2 Å². The molecule has 1 N–H and O–H groups in total. The molecule has 0 atom stereocenters. The molecular weight excluding hydrogens is 472 g/mol. The molecule has 0 saturated carbocycles. The lowest BCUT2D eigenvalue weighted by Gasteiger charge is -2.33. The summed E-state index contributed by atoms with van der Waals surface area (Å²) in [6.07, 6.45) is 2.48. The summed E-state index contributed by atoms with van der Waals surface area (Å²) >= 11 is 3.50. The maximum atomic E-state index is 12.8. The monoisotopic (exact) mass is 496 g/mol. The van der Waals surface area contributed by atoms with Crippen LogP contribution in [0.15, 0.2) is 46.9 Å². The lowest BCUT2D eigenvalue weighted by Crippen LogP contribution is -2.56. The number of hydrogen-bond donors (Lipinski definition) is 1. The van der Waals surface area contributed by atoms with Crippen molar-refractivity contribution >= 4 is 33.8 Å². The first-order valence-electron chi connectivity index (χ1n) is 11.0. The molecule has 2 saturated heterocycles. The van der Waals surface area contributed by atoms with Crippen molar-refractivity contribution in [2.45, 2.75) is 38.3 Å². The van der Waals surface area contributed by atoms with Gasteiger partial charge in [0.1, 0.15) is 0 Å². The molecule has 0 aliphatic carbocycles. The van der Waals surface area contributed by atoms with Gasteiger partial charge in [0.05, 0.1) is 13.1 Å². The number of benzene rings is 2. The van der Waals surface area contributed by atoms with Crippen molar-refractivity contribution in [2.75, 3.05) is 19.6 Å². The topological polar surface area (TPSA) is 73.0 Å². The second-order valence-corrected chi connectivity index (χ2v) is 9.60. The van der Waals surface area contributed by atoms with Gasteiger partial charge < -0.3 is 0 Å². The number of carbonyl (C=O) groups is 3. The minimum absolute atomic E-state index is 0.189. The fraction of sp³-hybridized carbons (Fsp3) is 0.375. The van der Waals surface area contributed by atoms with E-state index in [1.807, 2.05) is 12.1 Å². The van der Waals surface area contributed by atoms with Crippen LogP contribution in [0.4, 0.5) is 4.79 Å². The second kappa shape index (κ2) is 8.67. The number of carbonyl (C=O) groups excluding carboxylic acids is 3. The third kappa shape index (κ3) is 4.17. The largest absolute Gasteiger partial charge is 0.342 e. The van der Waals surface area contributed by atoms with E-state index >= 15 is 0 Å². The van der Waals surface area contributed by atoms with E-state index in [1.54, 1.807) is 0 Å². The number of fused-ring (bicyclic) bond motifs is 1. The summed E-state index contributed by atoms with van der Waals surface area (Å²) in [6, 6.07) is 14.1. The van der Waals surface area contributed by atoms with E-state index in [0.29, 0.717) is 18.0 Å². The average Bonchev–Trinajstić information content (AvgIpc) is 3.10. The Morgan fingerprint density at radius 1 is 0.938 bits per heavy atom. The van der Waals surface area contributed by atoms with Gasteiger partial charge in [0.25, 0.3) is 5.91 Å². The van der Waals surface area contributed by atoms with Crippen LogP contribution in [0, 0.1) is 0 Å². The number of hydrogen-bond acceptors (Lipinski definition) is 4. The predicted octanol–water partition coefficient (Wildman–Crippen LogP) is 3.64. The standard InChI is InChI=1S/C24H25BrN4O3/c25-20-4-2-17(3-5-20)18-7-10-27(11-8-18)14-16-1-6-21-19(13-16)15-29(23(21)31)28-12-9-22(30)26-24(28)32/h1-6,13,18H,7-12,14-15H2,(H,26,30,32). The van der Waals surface area contributed by atoms with Gasteiger partial charge in [0.15, 0.2) is 0 Å². The molecule has 3 aliphatic heterocycles. The lowest BCUT2D eigenvalue weighted by molar-refractivity contribution is -0.123. The molecule has 8 heteroatoms. The summed E-state index contributed by atoms with van der Waals surface area (Å²) < 4.78 is 1.11. The zero-order valence-electron chi connectivity index (χ0n) is 17.7. The van der Waals surface area contributed by atoms with Crippen LogP contribution in [-0.2, 0) is 17.9 Å². The molecule has 3 heterocycles. The van der Waals surface area contributed by atoms with Gasteiger partial charge in [-0.25, -0.2) is 14.8 Å². The molecule has 2 aromatic rings. The summed E-state index contributed by atoms with van der Waals surface area (Å²) in [4.78, 5) is 38.9. The molecule has 0 spiro atoms. The summed E-state index contributed by atoms with van der Waals surface area (Å²) in [5.41, 5.74) is 4.15. The Bertz CT molecular complexity index is 1060.